The number of hydrogen-bond donors (Lipinski definition) is 3. The number of aromatic nitrogens is 2. The van der Waals surface area contributed by atoms with Crippen LogP contribution in [0.3, 0.4) is 0 Å². The number of nitrogens with one attached hydrogen (secondary N) is 2. The molecule has 2 aromatic rings. The number of aliphatic hydroxyl groups excluding tert-OH is 1. The summed E-state index contributed by atoms with van der Waals surface area (Å²) in [5, 5.41) is 12.4. The molecule has 8 heteroatoms. The molecule has 3 N–H and O–H groups in total. The minimum atomic E-state index is -0.458. The van der Waals surface area contributed by atoms with Crippen molar-refractivity contribution < 1.29 is 19.4 Å². The zero-order valence-electron chi connectivity index (χ0n) is 14.9. The summed E-state index contributed by atoms with van der Waals surface area (Å²) >= 11 is 0. The van der Waals surface area contributed by atoms with Crippen LogP contribution in [-0.4, -0.2) is 50.8 Å². The van der Waals surface area contributed by atoms with E-state index in [0.717, 1.165) is 23.8 Å². The Morgan fingerprint density at radius 2 is 2.37 bits per heavy atom. The van der Waals surface area contributed by atoms with Crippen LogP contribution >= 0.6 is 0 Å². The first-order chi connectivity index (χ1) is 13.0. The van der Waals surface area contributed by atoms with E-state index in [0.29, 0.717) is 18.7 Å². The molecule has 0 aromatic carbocycles. The van der Waals surface area contributed by atoms with Gasteiger partial charge in [-0.05, 0) is 38.0 Å². The van der Waals surface area contributed by atoms with Gasteiger partial charge in [0.15, 0.2) is 11.5 Å². The molecule has 1 atom stereocenters. The number of carbonyl (C=O) groups is 2. The van der Waals surface area contributed by atoms with Gasteiger partial charge < -0.3 is 14.8 Å². The highest BCUT2D eigenvalue weighted by atomic mass is 16.5. The fourth-order valence-electron chi connectivity index (χ4n) is 3.36. The molecule has 140 valence electrons. The minimum Gasteiger partial charge on any atom is -0.435 e. The lowest BCUT2D eigenvalue weighted by molar-refractivity contribution is -0.118. The lowest BCUT2D eigenvalue weighted by atomic mass is 10.1. The molecule has 2 aliphatic rings. The number of nitrogens with zero attached hydrogens (tertiary/aromatic N) is 2. The Hall–Kier alpha value is -2.97. The van der Waals surface area contributed by atoms with Crippen LogP contribution in [-0.2, 0) is 14.3 Å². The fraction of sp³-hybridized carbons (Fsp3) is 0.316. The Balaban J connectivity index is 1.62. The molecule has 0 saturated carbocycles. The third-order valence-electron chi connectivity index (χ3n) is 4.67. The molecule has 8 nitrogen and oxygen atoms in total. The van der Waals surface area contributed by atoms with E-state index in [-0.39, 0.29) is 23.0 Å². The molecule has 0 amide bonds. The zero-order valence-corrected chi connectivity index (χ0v) is 14.9. The summed E-state index contributed by atoms with van der Waals surface area (Å²) in [7, 11) is 0. The van der Waals surface area contributed by atoms with Crippen LogP contribution in [0.15, 0.2) is 41.7 Å². The van der Waals surface area contributed by atoms with Gasteiger partial charge in [0, 0.05) is 36.4 Å². The summed E-state index contributed by atoms with van der Waals surface area (Å²) in [6, 6.07) is 3.70. The van der Waals surface area contributed by atoms with Crippen molar-refractivity contribution in [3.63, 3.8) is 0 Å². The third-order valence-corrected chi connectivity index (χ3v) is 4.67. The van der Waals surface area contributed by atoms with Crippen molar-refractivity contribution in [2.75, 3.05) is 13.1 Å². The van der Waals surface area contributed by atoms with Crippen LogP contribution in [0.4, 0.5) is 0 Å². The number of rotatable bonds is 4. The van der Waals surface area contributed by atoms with E-state index in [2.05, 4.69) is 15.4 Å². The molecule has 0 aliphatic carbocycles. The number of ketones is 2. The number of β-amino-alcohol motifs (C(OH)–C–C–N with tert-alkyl or cyclic N) is 1. The average molecular weight is 368 g/mol. The molecule has 0 spiro atoms. The number of carbonyl (C=O) groups excluding carboxylic acids is 2. The van der Waals surface area contributed by atoms with Crippen LogP contribution in [0.2, 0.25) is 0 Å². The number of pyridine rings is 1. The third kappa shape index (κ3) is 3.36. The number of fused-ring (bicyclic) bond motifs is 1. The summed E-state index contributed by atoms with van der Waals surface area (Å²) in [5.74, 6) is -0.638. The van der Waals surface area contributed by atoms with E-state index in [9.17, 15) is 14.7 Å². The van der Waals surface area contributed by atoms with Gasteiger partial charge in [-0.1, -0.05) is 0 Å². The van der Waals surface area contributed by atoms with E-state index in [4.69, 9.17) is 4.74 Å². The molecule has 4 heterocycles. The second kappa shape index (κ2) is 6.98. The van der Waals surface area contributed by atoms with E-state index in [1.54, 1.807) is 23.5 Å². The van der Waals surface area contributed by atoms with Gasteiger partial charge in [-0.15, -0.1) is 0 Å². The van der Waals surface area contributed by atoms with Gasteiger partial charge in [0.1, 0.15) is 11.2 Å². The first-order valence-electron chi connectivity index (χ1n) is 8.84. The van der Waals surface area contributed by atoms with Crippen molar-refractivity contribution in [2.45, 2.75) is 25.9 Å². The summed E-state index contributed by atoms with van der Waals surface area (Å²) in [5.41, 5.74) is 4.42. The number of Topliss-reactive ketones (excluding diaryl/α,β-unsaturated/α-hetero) is 2. The highest BCUT2D eigenvalue weighted by molar-refractivity contribution is 6.27. The van der Waals surface area contributed by atoms with Gasteiger partial charge in [-0.2, -0.15) is 0 Å². The smallest absolute Gasteiger partial charge is 0.237 e. The van der Waals surface area contributed by atoms with Crippen molar-refractivity contribution in [1.29, 1.82) is 0 Å². The highest BCUT2D eigenvalue weighted by Gasteiger charge is 2.35. The van der Waals surface area contributed by atoms with Crippen LogP contribution < -0.4 is 5.43 Å². The van der Waals surface area contributed by atoms with Gasteiger partial charge >= 0.3 is 0 Å². The van der Waals surface area contributed by atoms with Crippen molar-refractivity contribution in [1.82, 2.24) is 20.4 Å². The van der Waals surface area contributed by atoms with Gasteiger partial charge in [-0.3, -0.25) is 15.0 Å². The number of hydrogen-bond acceptors (Lipinski definition) is 7. The van der Waals surface area contributed by atoms with Crippen molar-refractivity contribution in [3.05, 3.63) is 47.3 Å². The van der Waals surface area contributed by atoms with Crippen molar-refractivity contribution in [2.24, 2.45) is 0 Å². The molecule has 4 rings (SSSR count). The number of piperidine rings is 1. The quantitative estimate of drug-likeness (QED) is 0.551. The van der Waals surface area contributed by atoms with Crippen molar-refractivity contribution >= 4 is 28.7 Å². The Morgan fingerprint density at radius 1 is 1.52 bits per heavy atom. The number of ether oxygens (including phenoxy) is 1. The summed E-state index contributed by atoms with van der Waals surface area (Å²) in [6.45, 7) is 2.43. The highest BCUT2D eigenvalue weighted by Crippen LogP contribution is 2.28. The monoisotopic (exact) mass is 368 g/mol. The molecule has 1 fully saturated rings. The Kier molecular flexibility index (Phi) is 4.51. The van der Waals surface area contributed by atoms with Gasteiger partial charge in [-0.25, -0.2) is 9.99 Å². The Morgan fingerprint density at radius 3 is 3.15 bits per heavy atom. The number of aromatic amines is 1. The molecule has 2 aromatic heterocycles. The number of H-pyrrole nitrogens is 1. The number of allylic oxidation sites excluding steroid dienone is 1. The van der Waals surface area contributed by atoms with Crippen molar-refractivity contribution in [3.8, 4) is 0 Å². The summed E-state index contributed by atoms with van der Waals surface area (Å²) < 4.78 is 5.71. The first-order valence-corrected chi connectivity index (χ1v) is 8.84. The lowest BCUT2D eigenvalue weighted by Gasteiger charge is -2.30. The van der Waals surface area contributed by atoms with Crippen LogP contribution in [0.1, 0.15) is 25.3 Å². The topological polar surface area (TPSA) is 108 Å². The molecule has 1 saturated heterocycles. The lowest BCUT2D eigenvalue weighted by Crippen LogP contribution is -2.46. The van der Waals surface area contributed by atoms with Gasteiger partial charge in [0.25, 0.3) is 0 Å². The zero-order chi connectivity index (χ0) is 19.0. The van der Waals surface area contributed by atoms with Crippen LogP contribution in [0.25, 0.3) is 17.1 Å². The molecule has 27 heavy (non-hydrogen) atoms. The first kappa shape index (κ1) is 17.4. The Labute approximate surface area is 155 Å². The van der Waals surface area contributed by atoms with Gasteiger partial charge in [0.2, 0.25) is 11.7 Å². The normalized spacial score (nSPS) is 22.5. The maximum absolute atomic E-state index is 12.7. The van der Waals surface area contributed by atoms with E-state index in [1.165, 1.54) is 6.92 Å². The minimum absolute atomic E-state index is 0.0146. The van der Waals surface area contributed by atoms with Crippen LogP contribution in [0, 0.1) is 0 Å². The molecule has 1 unspecified atom stereocenters. The fourth-order valence-corrected chi connectivity index (χ4v) is 3.36. The summed E-state index contributed by atoms with van der Waals surface area (Å²) in [6.07, 6.45) is 6.12. The Bertz CT molecular complexity index is 975. The average Bonchev–Trinajstić information content (AvgIpc) is 3.17. The molecular formula is C19H20N4O4. The largest absolute Gasteiger partial charge is 0.435 e. The summed E-state index contributed by atoms with van der Waals surface area (Å²) in [4.78, 5) is 32.0. The van der Waals surface area contributed by atoms with Crippen LogP contribution in [0.5, 0.6) is 0 Å². The second-order valence-corrected chi connectivity index (χ2v) is 6.70. The number of hydrazine groups is 1. The molecular weight excluding hydrogens is 348 g/mol. The van der Waals surface area contributed by atoms with Gasteiger partial charge in [0.05, 0.1) is 6.10 Å². The maximum atomic E-state index is 12.7. The van der Waals surface area contributed by atoms with E-state index in [1.807, 2.05) is 12.1 Å². The number of aliphatic hydroxyl groups is 1. The predicted octanol–water partition coefficient (Wildman–Crippen LogP) is 1.26. The van der Waals surface area contributed by atoms with E-state index < -0.39 is 11.9 Å². The van der Waals surface area contributed by atoms with E-state index >= 15 is 0 Å². The predicted molar refractivity (Wildman–Crippen MR) is 97.8 cm³/mol. The molecule has 0 radical (unpaired) electrons. The SMILES string of the molecule is CC(=O)C1=C(NN2CCCC(O)C2)O/C(=C\c2c[nH]c3ncccc23)C1=O. The maximum Gasteiger partial charge on any atom is 0.237 e. The molecule has 0 bridgehead atoms. The standard InChI is InChI=1S/C19H20N4O4/c1-11(24)16-17(26)15(8-12-9-21-18-14(12)5-2-6-20-18)27-19(16)22-23-7-3-4-13(25)10-23/h2,5-6,8-9,13,22,25H,3-4,7,10H2,1H3,(H,20,21)/b15-8-. The second-order valence-electron chi connectivity index (χ2n) is 6.70. The molecule has 2 aliphatic heterocycles.